The Bertz CT molecular complexity index is 341. The first-order valence-corrected chi connectivity index (χ1v) is 9.62. The second kappa shape index (κ2) is 10.9. The fraction of sp³-hybridized carbons (Fsp3) is 0.944. The second-order valence-corrected chi connectivity index (χ2v) is 6.82. The summed E-state index contributed by atoms with van der Waals surface area (Å²) in [7, 11) is 0. The minimum Gasteiger partial charge on any atom is -0.391 e. The van der Waals surface area contributed by atoms with Crippen LogP contribution in [0.3, 0.4) is 0 Å². The largest absolute Gasteiger partial charge is 0.391 e. The number of ether oxygens (including phenoxy) is 1. The van der Waals surface area contributed by atoms with Gasteiger partial charge in [-0.1, -0.05) is 25.7 Å². The van der Waals surface area contributed by atoms with Crippen molar-refractivity contribution in [2.45, 2.75) is 76.9 Å². The number of β-amino-alcohol motifs (C(OH)–C–C–N with tert-alkyl or cyclic N) is 1. The molecule has 0 radical (unpaired) electrons. The zero-order valence-corrected chi connectivity index (χ0v) is 14.8. The lowest BCUT2D eigenvalue weighted by molar-refractivity contribution is 0.0412. The number of guanidine groups is 1. The monoisotopic (exact) mass is 325 g/mol. The van der Waals surface area contributed by atoms with Gasteiger partial charge in [-0.3, -0.25) is 4.99 Å². The van der Waals surface area contributed by atoms with Crippen molar-refractivity contribution in [3.63, 3.8) is 0 Å². The van der Waals surface area contributed by atoms with Gasteiger partial charge < -0.3 is 20.1 Å². The number of likely N-dealkylation sites (tertiary alicyclic amines) is 1. The summed E-state index contributed by atoms with van der Waals surface area (Å²) in [6.07, 6.45) is 11.2. The number of aliphatic hydroxyl groups is 1. The van der Waals surface area contributed by atoms with Crippen LogP contribution in [-0.4, -0.2) is 61.0 Å². The molecular formula is C18H35N3O2. The van der Waals surface area contributed by atoms with Crippen LogP contribution in [0.5, 0.6) is 0 Å². The number of aliphatic imine (C=N–C) groups is 1. The third-order valence-corrected chi connectivity index (χ3v) is 4.77. The molecule has 1 heterocycles. The van der Waals surface area contributed by atoms with E-state index in [1.54, 1.807) is 0 Å². The summed E-state index contributed by atoms with van der Waals surface area (Å²) in [6.45, 7) is 6.27. The molecular weight excluding hydrogens is 290 g/mol. The van der Waals surface area contributed by atoms with Crippen LogP contribution >= 0.6 is 0 Å². The minimum atomic E-state index is -0.202. The standard InChI is InChI=1S/C18H35N3O2/c1-2-19-18(21-13-11-16(22)15-21)20-12-7-8-14-23-17-9-5-3-4-6-10-17/h16-17,22H,2-15H2,1H3,(H,19,20)/t16-/m1/s1. The molecule has 1 atom stereocenters. The van der Waals surface area contributed by atoms with Crippen molar-refractivity contribution in [2.24, 2.45) is 4.99 Å². The van der Waals surface area contributed by atoms with Gasteiger partial charge in [-0.05, 0) is 39.0 Å². The van der Waals surface area contributed by atoms with Gasteiger partial charge >= 0.3 is 0 Å². The van der Waals surface area contributed by atoms with Crippen LogP contribution < -0.4 is 5.32 Å². The summed E-state index contributed by atoms with van der Waals surface area (Å²) in [4.78, 5) is 6.86. The maximum Gasteiger partial charge on any atom is 0.194 e. The van der Waals surface area contributed by atoms with Gasteiger partial charge in [0.25, 0.3) is 0 Å². The molecule has 0 aromatic heterocycles. The number of unbranched alkanes of at least 4 members (excludes halogenated alkanes) is 1. The lowest BCUT2D eigenvalue weighted by atomic mass is 10.1. The van der Waals surface area contributed by atoms with Gasteiger partial charge in [-0.15, -0.1) is 0 Å². The van der Waals surface area contributed by atoms with Crippen molar-refractivity contribution >= 4 is 5.96 Å². The third-order valence-electron chi connectivity index (χ3n) is 4.77. The summed E-state index contributed by atoms with van der Waals surface area (Å²) in [5, 5.41) is 13.0. The highest BCUT2D eigenvalue weighted by atomic mass is 16.5. The molecule has 2 aliphatic rings. The Morgan fingerprint density at radius 3 is 2.61 bits per heavy atom. The Labute approximate surface area is 141 Å². The minimum absolute atomic E-state index is 0.202. The normalized spacial score (nSPS) is 24.0. The van der Waals surface area contributed by atoms with Crippen LogP contribution in [0.4, 0.5) is 0 Å². The molecule has 134 valence electrons. The number of nitrogens with zero attached hydrogens (tertiary/aromatic N) is 2. The predicted octanol–water partition coefficient (Wildman–Crippen LogP) is 2.54. The summed E-state index contributed by atoms with van der Waals surface area (Å²) in [5.41, 5.74) is 0. The van der Waals surface area contributed by atoms with E-state index >= 15 is 0 Å². The Morgan fingerprint density at radius 1 is 1.17 bits per heavy atom. The van der Waals surface area contributed by atoms with Gasteiger partial charge in [0, 0.05) is 32.8 Å². The highest BCUT2D eigenvalue weighted by Gasteiger charge is 2.22. The van der Waals surface area contributed by atoms with Crippen LogP contribution in [0.15, 0.2) is 4.99 Å². The maximum absolute atomic E-state index is 9.66. The second-order valence-electron chi connectivity index (χ2n) is 6.82. The molecule has 1 saturated carbocycles. The smallest absolute Gasteiger partial charge is 0.194 e. The highest BCUT2D eigenvalue weighted by molar-refractivity contribution is 5.80. The summed E-state index contributed by atoms with van der Waals surface area (Å²) >= 11 is 0. The molecule has 2 fully saturated rings. The van der Waals surface area contributed by atoms with Gasteiger partial charge in [0.1, 0.15) is 0 Å². The Kier molecular flexibility index (Phi) is 8.76. The van der Waals surface area contributed by atoms with E-state index in [9.17, 15) is 5.11 Å². The van der Waals surface area contributed by atoms with Crippen molar-refractivity contribution in [3.8, 4) is 0 Å². The summed E-state index contributed by atoms with van der Waals surface area (Å²) in [5.74, 6) is 0.953. The molecule has 0 aromatic carbocycles. The zero-order valence-electron chi connectivity index (χ0n) is 14.8. The quantitative estimate of drug-likeness (QED) is 0.327. The molecule has 0 aromatic rings. The number of hydrogen-bond donors (Lipinski definition) is 2. The van der Waals surface area contributed by atoms with Crippen molar-refractivity contribution < 1.29 is 9.84 Å². The first-order valence-electron chi connectivity index (χ1n) is 9.62. The number of rotatable bonds is 7. The average molecular weight is 325 g/mol. The maximum atomic E-state index is 9.66. The van der Waals surface area contributed by atoms with Gasteiger partial charge in [0.05, 0.1) is 12.2 Å². The molecule has 2 rings (SSSR count). The van der Waals surface area contributed by atoms with Crippen molar-refractivity contribution in [3.05, 3.63) is 0 Å². The third kappa shape index (κ3) is 7.08. The molecule has 23 heavy (non-hydrogen) atoms. The Morgan fingerprint density at radius 2 is 1.96 bits per heavy atom. The summed E-state index contributed by atoms with van der Waals surface area (Å²) < 4.78 is 6.02. The Balaban J connectivity index is 1.59. The van der Waals surface area contributed by atoms with Crippen molar-refractivity contribution in [2.75, 3.05) is 32.8 Å². The average Bonchev–Trinajstić information content (AvgIpc) is 2.82. The molecule has 0 unspecified atom stereocenters. The highest BCUT2D eigenvalue weighted by Crippen LogP contribution is 2.20. The van der Waals surface area contributed by atoms with E-state index in [0.717, 1.165) is 51.5 Å². The van der Waals surface area contributed by atoms with E-state index < -0.39 is 0 Å². The van der Waals surface area contributed by atoms with Gasteiger partial charge in [-0.2, -0.15) is 0 Å². The van der Waals surface area contributed by atoms with Crippen LogP contribution in [-0.2, 0) is 4.74 Å². The van der Waals surface area contributed by atoms with Crippen LogP contribution in [0.2, 0.25) is 0 Å². The molecule has 1 aliphatic carbocycles. The van der Waals surface area contributed by atoms with Gasteiger partial charge in [0.2, 0.25) is 0 Å². The molecule has 5 heteroatoms. The molecule has 0 spiro atoms. The fourth-order valence-corrected chi connectivity index (χ4v) is 3.42. The molecule has 1 saturated heterocycles. The van der Waals surface area contributed by atoms with Crippen molar-refractivity contribution in [1.82, 2.24) is 10.2 Å². The number of nitrogens with one attached hydrogen (secondary N) is 1. The first kappa shape index (κ1) is 18.5. The fourth-order valence-electron chi connectivity index (χ4n) is 3.42. The lowest BCUT2D eigenvalue weighted by Gasteiger charge is -2.21. The van der Waals surface area contributed by atoms with E-state index in [1.165, 1.54) is 38.5 Å². The van der Waals surface area contributed by atoms with E-state index in [-0.39, 0.29) is 6.10 Å². The lowest BCUT2D eigenvalue weighted by Crippen LogP contribution is -2.40. The van der Waals surface area contributed by atoms with Gasteiger partial charge in [0.15, 0.2) is 5.96 Å². The SMILES string of the molecule is CCNC(=NCCCCOC1CCCCCC1)N1CC[C@@H](O)C1. The van der Waals surface area contributed by atoms with E-state index in [0.29, 0.717) is 12.6 Å². The number of hydrogen-bond acceptors (Lipinski definition) is 3. The van der Waals surface area contributed by atoms with E-state index in [1.807, 2.05) is 0 Å². The van der Waals surface area contributed by atoms with E-state index in [2.05, 4.69) is 17.1 Å². The molecule has 1 aliphatic heterocycles. The van der Waals surface area contributed by atoms with Gasteiger partial charge in [-0.25, -0.2) is 0 Å². The summed E-state index contributed by atoms with van der Waals surface area (Å²) in [6, 6.07) is 0. The topological polar surface area (TPSA) is 57.1 Å². The first-order chi connectivity index (χ1) is 11.3. The van der Waals surface area contributed by atoms with E-state index in [4.69, 9.17) is 9.73 Å². The zero-order chi connectivity index (χ0) is 16.3. The number of aliphatic hydroxyl groups excluding tert-OH is 1. The molecule has 0 amide bonds. The van der Waals surface area contributed by atoms with Crippen LogP contribution in [0, 0.1) is 0 Å². The predicted molar refractivity (Wildman–Crippen MR) is 94.9 cm³/mol. The molecule has 2 N–H and O–H groups in total. The Hall–Kier alpha value is -0.810. The van der Waals surface area contributed by atoms with Crippen LogP contribution in [0.25, 0.3) is 0 Å². The van der Waals surface area contributed by atoms with Crippen molar-refractivity contribution in [1.29, 1.82) is 0 Å². The van der Waals surface area contributed by atoms with Crippen LogP contribution in [0.1, 0.15) is 64.7 Å². The molecule has 5 nitrogen and oxygen atoms in total. The molecule has 0 bridgehead atoms.